The SMILES string of the molecule is NCCCCCCC(=O)NCCCC[C@H](N)C(=O)O.Nc1ccc(Cc2ccccc2)cc1. The van der Waals surface area contributed by atoms with Crippen molar-refractivity contribution in [2.45, 2.75) is 63.8 Å². The van der Waals surface area contributed by atoms with Gasteiger partial charge in [-0.05, 0) is 68.3 Å². The predicted octanol–water partition coefficient (Wildman–Crippen LogP) is 3.45. The topological polar surface area (TPSA) is 144 Å². The lowest BCUT2D eigenvalue weighted by Crippen LogP contribution is -2.30. The summed E-state index contributed by atoms with van der Waals surface area (Å²) in [6, 6.07) is 17.7. The summed E-state index contributed by atoms with van der Waals surface area (Å²) in [6.07, 6.45) is 7.49. The summed E-state index contributed by atoms with van der Waals surface area (Å²) < 4.78 is 0. The highest BCUT2D eigenvalue weighted by Crippen LogP contribution is 2.11. The lowest BCUT2D eigenvalue weighted by Gasteiger charge is -2.07. The number of carbonyl (C=O) groups excluding carboxylic acids is 1. The van der Waals surface area contributed by atoms with Gasteiger partial charge in [-0.1, -0.05) is 55.3 Å². The van der Waals surface area contributed by atoms with E-state index in [0.717, 1.165) is 44.2 Å². The van der Waals surface area contributed by atoms with E-state index < -0.39 is 12.0 Å². The van der Waals surface area contributed by atoms with Crippen molar-refractivity contribution in [3.63, 3.8) is 0 Å². The molecule has 7 heteroatoms. The van der Waals surface area contributed by atoms with Crippen LogP contribution in [0.2, 0.25) is 0 Å². The molecule has 2 rings (SSSR count). The minimum atomic E-state index is -0.971. The van der Waals surface area contributed by atoms with Crippen molar-refractivity contribution < 1.29 is 14.7 Å². The number of hydrogen-bond acceptors (Lipinski definition) is 5. The van der Waals surface area contributed by atoms with Crippen LogP contribution in [-0.4, -0.2) is 36.1 Å². The third-order valence-corrected chi connectivity index (χ3v) is 5.17. The van der Waals surface area contributed by atoms with Gasteiger partial charge in [0.1, 0.15) is 6.04 Å². The standard InChI is InChI=1S/C13H27N3O3.C13H13N/c14-9-5-2-1-3-8-12(17)16-10-6-4-7-11(15)13(18)19;14-13-8-6-12(7-9-13)10-11-4-2-1-3-5-11/h11H,1-10,14-15H2,(H,16,17)(H,18,19);1-9H,10,14H2/t11-;/m0./s1. The fraction of sp³-hybridized carbons (Fsp3) is 0.462. The fourth-order valence-electron chi connectivity index (χ4n) is 3.18. The third kappa shape index (κ3) is 14.7. The minimum Gasteiger partial charge on any atom is -0.480 e. The van der Waals surface area contributed by atoms with Gasteiger partial charge in [0, 0.05) is 18.7 Å². The van der Waals surface area contributed by atoms with Gasteiger partial charge in [-0.15, -0.1) is 0 Å². The molecule has 0 heterocycles. The van der Waals surface area contributed by atoms with E-state index in [9.17, 15) is 9.59 Å². The zero-order chi connectivity index (χ0) is 24.3. The van der Waals surface area contributed by atoms with Gasteiger partial charge < -0.3 is 27.6 Å². The second-order valence-electron chi connectivity index (χ2n) is 8.15. The molecular weight excluding hydrogens is 416 g/mol. The van der Waals surface area contributed by atoms with Crippen LogP contribution < -0.4 is 22.5 Å². The van der Waals surface area contributed by atoms with Crippen LogP contribution in [0.15, 0.2) is 54.6 Å². The molecule has 0 saturated carbocycles. The highest BCUT2D eigenvalue weighted by Gasteiger charge is 2.10. The largest absolute Gasteiger partial charge is 0.480 e. The Bertz CT molecular complexity index is 782. The molecule has 0 unspecified atom stereocenters. The quantitative estimate of drug-likeness (QED) is 0.217. The second kappa shape index (κ2) is 17.6. The van der Waals surface area contributed by atoms with Crippen molar-refractivity contribution >= 4 is 17.6 Å². The first-order valence-electron chi connectivity index (χ1n) is 11.8. The number of carboxylic acid groups (broad SMARTS) is 1. The smallest absolute Gasteiger partial charge is 0.320 e. The van der Waals surface area contributed by atoms with Crippen LogP contribution in [0.5, 0.6) is 0 Å². The molecule has 0 aliphatic carbocycles. The summed E-state index contributed by atoms with van der Waals surface area (Å²) in [5.74, 6) is -0.906. The van der Waals surface area contributed by atoms with Gasteiger partial charge >= 0.3 is 5.97 Å². The van der Waals surface area contributed by atoms with Gasteiger partial charge in [0.2, 0.25) is 5.91 Å². The van der Waals surface area contributed by atoms with Gasteiger partial charge in [-0.3, -0.25) is 9.59 Å². The van der Waals surface area contributed by atoms with Gasteiger partial charge in [0.15, 0.2) is 0 Å². The number of nitrogens with two attached hydrogens (primary N) is 3. The molecule has 2 aromatic carbocycles. The molecule has 33 heavy (non-hydrogen) atoms. The van der Waals surface area contributed by atoms with Gasteiger partial charge in [0.25, 0.3) is 0 Å². The first-order valence-corrected chi connectivity index (χ1v) is 11.8. The van der Waals surface area contributed by atoms with Crippen LogP contribution in [0.4, 0.5) is 5.69 Å². The first kappa shape index (κ1) is 28.1. The molecule has 8 N–H and O–H groups in total. The average Bonchev–Trinajstić information content (AvgIpc) is 2.81. The first-order chi connectivity index (χ1) is 15.9. The summed E-state index contributed by atoms with van der Waals surface area (Å²) in [6.45, 7) is 1.30. The molecule has 1 amide bonds. The number of nitrogens with one attached hydrogen (secondary N) is 1. The normalized spacial score (nSPS) is 11.2. The Balaban J connectivity index is 0.000000342. The van der Waals surface area contributed by atoms with Crippen LogP contribution in [0, 0.1) is 0 Å². The van der Waals surface area contributed by atoms with Crippen LogP contribution in [0.1, 0.15) is 62.5 Å². The number of nitrogen functional groups attached to an aromatic ring is 1. The second-order valence-corrected chi connectivity index (χ2v) is 8.15. The molecule has 0 bridgehead atoms. The molecule has 0 aromatic heterocycles. The van der Waals surface area contributed by atoms with E-state index in [1.165, 1.54) is 11.1 Å². The number of rotatable bonds is 14. The molecule has 0 saturated heterocycles. The van der Waals surface area contributed by atoms with Crippen molar-refractivity contribution in [3.05, 3.63) is 65.7 Å². The number of unbranched alkanes of at least 4 members (excludes halogenated alkanes) is 4. The van der Waals surface area contributed by atoms with Crippen LogP contribution in [-0.2, 0) is 16.0 Å². The van der Waals surface area contributed by atoms with Crippen molar-refractivity contribution in [1.82, 2.24) is 5.32 Å². The maximum atomic E-state index is 11.4. The lowest BCUT2D eigenvalue weighted by molar-refractivity contribution is -0.138. The molecule has 0 aliphatic rings. The molecule has 2 aromatic rings. The summed E-state index contributed by atoms with van der Waals surface area (Å²) in [7, 11) is 0. The van der Waals surface area contributed by atoms with Gasteiger partial charge in [0.05, 0.1) is 0 Å². The van der Waals surface area contributed by atoms with Gasteiger partial charge in [-0.2, -0.15) is 0 Å². The lowest BCUT2D eigenvalue weighted by atomic mass is 10.1. The van der Waals surface area contributed by atoms with Crippen molar-refractivity contribution in [3.8, 4) is 0 Å². The number of carbonyl (C=O) groups is 2. The van der Waals surface area contributed by atoms with Crippen LogP contribution in [0.25, 0.3) is 0 Å². The van der Waals surface area contributed by atoms with Crippen molar-refractivity contribution in [2.75, 3.05) is 18.8 Å². The average molecular weight is 457 g/mol. The van der Waals surface area contributed by atoms with E-state index in [1.807, 2.05) is 18.2 Å². The highest BCUT2D eigenvalue weighted by molar-refractivity contribution is 5.75. The molecule has 0 spiro atoms. The van der Waals surface area contributed by atoms with E-state index in [-0.39, 0.29) is 5.91 Å². The number of benzene rings is 2. The Morgan fingerprint density at radius 2 is 1.48 bits per heavy atom. The number of carboxylic acids is 1. The fourth-order valence-corrected chi connectivity index (χ4v) is 3.18. The number of aliphatic carboxylic acids is 1. The predicted molar refractivity (Wildman–Crippen MR) is 135 cm³/mol. The Hall–Kier alpha value is -2.90. The Labute approximate surface area is 197 Å². The van der Waals surface area contributed by atoms with E-state index in [0.29, 0.717) is 32.4 Å². The molecule has 182 valence electrons. The van der Waals surface area contributed by atoms with Crippen LogP contribution >= 0.6 is 0 Å². The van der Waals surface area contributed by atoms with Crippen molar-refractivity contribution in [1.29, 1.82) is 0 Å². The summed E-state index contributed by atoms with van der Waals surface area (Å²) in [5, 5.41) is 11.4. The maximum absolute atomic E-state index is 11.4. The van der Waals surface area contributed by atoms with E-state index >= 15 is 0 Å². The maximum Gasteiger partial charge on any atom is 0.320 e. The zero-order valence-electron chi connectivity index (χ0n) is 19.5. The van der Waals surface area contributed by atoms with E-state index in [1.54, 1.807) is 0 Å². The Kier molecular flexibility index (Phi) is 15.0. The highest BCUT2D eigenvalue weighted by atomic mass is 16.4. The zero-order valence-corrected chi connectivity index (χ0v) is 19.5. The summed E-state index contributed by atoms with van der Waals surface area (Å²) in [4.78, 5) is 21.9. The summed E-state index contributed by atoms with van der Waals surface area (Å²) >= 11 is 0. The molecule has 1 atom stereocenters. The van der Waals surface area contributed by atoms with Crippen molar-refractivity contribution in [2.24, 2.45) is 11.5 Å². The molecule has 0 aliphatic heterocycles. The third-order valence-electron chi connectivity index (χ3n) is 5.17. The molecule has 7 nitrogen and oxygen atoms in total. The Morgan fingerprint density at radius 3 is 2.12 bits per heavy atom. The number of anilines is 1. The molecule has 0 radical (unpaired) electrons. The van der Waals surface area contributed by atoms with E-state index in [4.69, 9.17) is 22.3 Å². The van der Waals surface area contributed by atoms with Gasteiger partial charge in [-0.25, -0.2) is 0 Å². The minimum absolute atomic E-state index is 0.0651. The van der Waals surface area contributed by atoms with Crippen LogP contribution in [0.3, 0.4) is 0 Å². The monoisotopic (exact) mass is 456 g/mol. The number of hydrogen-bond donors (Lipinski definition) is 5. The summed E-state index contributed by atoms with van der Waals surface area (Å²) in [5.41, 5.74) is 19.8. The molecule has 0 fully saturated rings. The number of amides is 1. The van der Waals surface area contributed by atoms with E-state index in [2.05, 4.69) is 41.7 Å². The molecular formula is C26H40N4O3. The Morgan fingerprint density at radius 1 is 0.848 bits per heavy atom.